The van der Waals surface area contributed by atoms with Gasteiger partial charge in [-0.15, -0.1) is 0 Å². The monoisotopic (exact) mass is 261 g/mol. The first-order chi connectivity index (χ1) is 8.86. The van der Waals surface area contributed by atoms with Crippen LogP contribution in [-0.4, -0.2) is 16.5 Å². The topological polar surface area (TPSA) is 37.8 Å². The van der Waals surface area contributed by atoms with Gasteiger partial charge in [-0.05, 0) is 24.3 Å². The van der Waals surface area contributed by atoms with Gasteiger partial charge in [0.2, 0.25) is 0 Å². The molecule has 2 aromatic heterocycles. The molecule has 0 fully saturated rings. The summed E-state index contributed by atoms with van der Waals surface area (Å²) in [6, 6.07) is 2.12. The molecule has 18 heavy (non-hydrogen) atoms. The Hall–Kier alpha value is -1.42. The van der Waals surface area contributed by atoms with E-state index in [1.54, 1.807) is 17.7 Å². The van der Waals surface area contributed by atoms with Gasteiger partial charge in [0.1, 0.15) is 12.1 Å². The number of hydrogen-bond acceptors (Lipinski definition) is 4. The minimum absolute atomic E-state index is 0.955. The highest BCUT2D eigenvalue weighted by Crippen LogP contribution is 2.28. The summed E-state index contributed by atoms with van der Waals surface area (Å²) in [7, 11) is 0. The Bertz CT molecular complexity index is 480. The van der Waals surface area contributed by atoms with Crippen LogP contribution < -0.4 is 5.32 Å². The van der Waals surface area contributed by atoms with Gasteiger partial charge in [0, 0.05) is 23.1 Å². The zero-order chi connectivity index (χ0) is 12.8. The maximum atomic E-state index is 4.46. The van der Waals surface area contributed by atoms with Gasteiger partial charge in [-0.25, -0.2) is 9.97 Å². The smallest absolute Gasteiger partial charge is 0.133 e. The van der Waals surface area contributed by atoms with E-state index in [0.717, 1.165) is 37.3 Å². The highest BCUT2D eigenvalue weighted by molar-refractivity contribution is 7.08. The summed E-state index contributed by atoms with van der Waals surface area (Å²) >= 11 is 1.70. The van der Waals surface area contributed by atoms with E-state index in [1.807, 2.05) is 0 Å². The lowest BCUT2D eigenvalue weighted by Gasteiger charge is -2.12. The lowest BCUT2D eigenvalue weighted by atomic mass is 10.1. The quantitative estimate of drug-likeness (QED) is 0.854. The van der Waals surface area contributed by atoms with Crippen LogP contribution in [0.5, 0.6) is 0 Å². The summed E-state index contributed by atoms with van der Waals surface area (Å²) in [5, 5.41) is 7.64. The molecule has 96 valence electrons. The van der Waals surface area contributed by atoms with Crippen molar-refractivity contribution in [3.63, 3.8) is 0 Å². The van der Waals surface area contributed by atoms with Crippen molar-refractivity contribution in [2.75, 3.05) is 11.9 Å². The number of nitrogens with one attached hydrogen (secondary N) is 1. The predicted molar refractivity (Wildman–Crippen MR) is 78.1 cm³/mol. The van der Waals surface area contributed by atoms with Gasteiger partial charge in [0.25, 0.3) is 0 Å². The molecule has 0 radical (unpaired) electrons. The Morgan fingerprint density at radius 1 is 1.22 bits per heavy atom. The Kier molecular flexibility index (Phi) is 4.70. The van der Waals surface area contributed by atoms with Gasteiger partial charge in [-0.3, -0.25) is 0 Å². The van der Waals surface area contributed by atoms with Crippen LogP contribution in [0.3, 0.4) is 0 Å². The number of thiophene rings is 1. The first-order valence-electron chi connectivity index (χ1n) is 6.47. The van der Waals surface area contributed by atoms with Crippen LogP contribution in [0.2, 0.25) is 0 Å². The second-order valence-electron chi connectivity index (χ2n) is 4.24. The van der Waals surface area contributed by atoms with E-state index >= 15 is 0 Å². The zero-order valence-electron chi connectivity index (χ0n) is 10.9. The second-order valence-corrected chi connectivity index (χ2v) is 5.02. The SMILES string of the molecule is CCCNc1ncnc(-c2ccsc2)c1CCC. The Morgan fingerprint density at radius 2 is 2.11 bits per heavy atom. The van der Waals surface area contributed by atoms with E-state index in [4.69, 9.17) is 0 Å². The lowest BCUT2D eigenvalue weighted by Crippen LogP contribution is -2.07. The molecule has 0 amide bonds. The Morgan fingerprint density at radius 3 is 2.78 bits per heavy atom. The maximum absolute atomic E-state index is 4.46. The van der Waals surface area contributed by atoms with Crippen molar-refractivity contribution < 1.29 is 0 Å². The number of hydrogen-bond donors (Lipinski definition) is 1. The van der Waals surface area contributed by atoms with E-state index in [-0.39, 0.29) is 0 Å². The van der Waals surface area contributed by atoms with Crippen LogP contribution >= 0.6 is 11.3 Å². The molecule has 0 aliphatic heterocycles. The molecule has 3 nitrogen and oxygen atoms in total. The fraction of sp³-hybridized carbons (Fsp3) is 0.429. The lowest BCUT2D eigenvalue weighted by molar-refractivity contribution is 0.892. The minimum atomic E-state index is 0.955. The molecule has 0 atom stereocenters. The summed E-state index contributed by atoms with van der Waals surface area (Å²) < 4.78 is 0. The molecular formula is C14H19N3S. The minimum Gasteiger partial charge on any atom is -0.370 e. The molecule has 0 aliphatic carbocycles. The molecule has 2 aromatic rings. The standard InChI is InChI=1S/C14H19N3S/c1-3-5-12-13(11-6-8-18-9-11)16-10-17-14(12)15-7-4-2/h6,8-10H,3-5,7H2,1-2H3,(H,15,16,17). The van der Waals surface area contributed by atoms with Gasteiger partial charge in [-0.2, -0.15) is 11.3 Å². The van der Waals surface area contributed by atoms with Crippen molar-refractivity contribution in [3.05, 3.63) is 28.7 Å². The van der Waals surface area contributed by atoms with Crippen molar-refractivity contribution in [2.24, 2.45) is 0 Å². The number of nitrogens with zero attached hydrogens (tertiary/aromatic N) is 2. The van der Waals surface area contributed by atoms with Crippen molar-refractivity contribution in [1.29, 1.82) is 0 Å². The Labute approximate surface area is 112 Å². The van der Waals surface area contributed by atoms with E-state index < -0.39 is 0 Å². The van der Waals surface area contributed by atoms with Gasteiger partial charge >= 0.3 is 0 Å². The number of rotatable bonds is 6. The van der Waals surface area contributed by atoms with Crippen LogP contribution in [0.4, 0.5) is 5.82 Å². The number of anilines is 1. The average molecular weight is 261 g/mol. The molecule has 0 spiro atoms. The van der Waals surface area contributed by atoms with Gasteiger partial charge in [0.05, 0.1) is 5.69 Å². The highest BCUT2D eigenvalue weighted by Gasteiger charge is 2.12. The molecule has 4 heteroatoms. The largest absolute Gasteiger partial charge is 0.370 e. The predicted octanol–water partition coefficient (Wildman–Crippen LogP) is 3.98. The molecule has 0 unspecified atom stereocenters. The van der Waals surface area contributed by atoms with Crippen LogP contribution in [0, 0.1) is 0 Å². The summed E-state index contributed by atoms with van der Waals surface area (Å²) in [4.78, 5) is 8.85. The normalized spacial score (nSPS) is 10.6. The third kappa shape index (κ3) is 2.88. The fourth-order valence-electron chi connectivity index (χ4n) is 1.94. The van der Waals surface area contributed by atoms with Crippen molar-refractivity contribution in [1.82, 2.24) is 9.97 Å². The Balaban J connectivity index is 2.39. The molecule has 2 heterocycles. The van der Waals surface area contributed by atoms with Crippen LogP contribution in [-0.2, 0) is 6.42 Å². The van der Waals surface area contributed by atoms with E-state index in [2.05, 4.69) is 46.0 Å². The molecule has 1 N–H and O–H groups in total. The zero-order valence-corrected chi connectivity index (χ0v) is 11.8. The first-order valence-corrected chi connectivity index (χ1v) is 7.41. The van der Waals surface area contributed by atoms with E-state index in [1.165, 1.54) is 11.1 Å². The van der Waals surface area contributed by atoms with E-state index in [0.29, 0.717) is 0 Å². The number of aromatic nitrogens is 2. The molecule has 0 saturated heterocycles. The summed E-state index contributed by atoms with van der Waals surface area (Å²) in [6.07, 6.45) is 4.87. The van der Waals surface area contributed by atoms with Crippen molar-refractivity contribution in [2.45, 2.75) is 33.1 Å². The van der Waals surface area contributed by atoms with Crippen molar-refractivity contribution in [3.8, 4) is 11.3 Å². The average Bonchev–Trinajstić information content (AvgIpc) is 2.91. The molecule has 2 rings (SSSR count). The van der Waals surface area contributed by atoms with E-state index in [9.17, 15) is 0 Å². The third-order valence-corrected chi connectivity index (χ3v) is 3.47. The molecule has 0 aromatic carbocycles. The molecule has 0 bridgehead atoms. The van der Waals surface area contributed by atoms with Gasteiger partial charge in [-0.1, -0.05) is 20.3 Å². The van der Waals surface area contributed by atoms with Crippen LogP contribution in [0.15, 0.2) is 23.2 Å². The third-order valence-electron chi connectivity index (χ3n) is 2.78. The molecule has 0 saturated carbocycles. The van der Waals surface area contributed by atoms with Gasteiger partial charge in [0.15, 0.2) is 0 Å². The maximum Gasteiger partial charge on any atom is 0.133 e. The molecule has 0 aliphatic rings. The van der Waals surface area contributed by atoms with Gasteiger partial charge < -0.3 is 5.32 Å². The highest BCUT2D eigenvalue weighted by atomic mass is 32.1. The fourth-order valence-corrected chi connectivity index (χ4v) is 2.58. The summed E-state index contributed by atoms with van der Waals surface area (Å²) in [5.41, 5.74) is 3.52. The van der Waals surface area contributed by atoms with Crippen LogP contribution in [0.1, 0.15) is 32.3 Å². The van der Waals surface area contributed by atoms with Crippen molar-refractivity contribution >= 4 is 17.2 Å². The summed E-state index contributed by atoms with van der Waals surface area (Å²) in [6.45, 7) is 5.30. The molecular weight excluding hydrogens is 242 g/mol. The second kappa shape index (κ2) is 6.50. The van der Waals surface area contributed by atoms with Crippen LogP contribution in [0.25, 0.3) is 11.3 Å². The summed E-state index contributed by atoms with van der Waals surface area (Å²) in [5.74, 6) is 0.995. The first kappa shape index (κ1) is 13.0.